The Labute approximate surface area is 192 Å². The minimum atomic E-state index is -0.246. The highest BCUT2D eigenvalue weighted by atomic mass is 32.1. The second-order valence-electron chi connectivity index (χ2n) is 6.98. The van der Waals surface area contributed by atoms with Crippen LogP contribution >= 0.6 is 11.3 Å². The fourth-order valence-electron chi connectivity index (χ4n) is 3.05. The third kappa shape index (κ3) is 4.99. The van der Waals surface area contributed by atoms with Gasteiger partial charge in [-0.25, -0.2) is 4.98 Å². The Balaban J connectivity index is 1.13. The normalized spacial score (nSPS) is 10.8. The van der Waals surface area contributed by atoms with Gasteiger partial charge in [0.05, 0.1) is 12.8 Å². The van der Waals surface area contributed by atoms with Crippen molar-refractivity contribution in [3.05, 3.63) is 94.8 Å². The summed E-state index contributed by atoms with van der Waals surface area (Å²) in [5.41, 5.74) is 2.14. The second-order valence-corrected chi connectivity index (χ2v) is 7.92. The number of furan rings is 1. The summed E-state index contributed by atoms with van der Waals surface area (Å²) in [5, 5.41) is 9.49. The first-order valence-corrected chi connectivity index (χ1v) is 11.0. The van der Waals surface area contributed by atoms with Crippen LogP contribution in [0.5, 0.6) is 5.75 Å². The highest BCUT2D eigenvalue weighted by molar-refractivity contribution is 7.09. The number of amides is 1. The minimum absolute atomic E-state index is 0.138. The maximum absolute atomic E-state index is 12.4. The first-order chi connectivity index (χ1) is 16.2. The van der Waals surface area contributed by atoms with Gasteiger partial charge in [-0.05, 0) is 36.4 Å². The Bertz CT molecular complexity index is 1330. The van der Waals surface area contributed by atoms with Crippen LogP contribution < -0.4 is 10.1 Å². The summed E-state index contributed by atoms with van der Waals surface area (Å²) in [5.74, 6) is 1.94. The Morgan fingerprint density at radius 1 is 1.00 bits per heavy atom. The summed E-state index contributed by atoms with van der Waals surface area (Å²) in [6, 6.07) is 20.1. The topological polar surface area (TPSA) is 103 Å². The molecule has 0 aliphatic heterocycles. The number of aromatic nitrogens is 3. The molecule has 1 amide bonds. The Morgan fingerprint density at radius 3 is 2.64 bits per heavy atom. The maximum atomic E-state index is 12.4. The van der Waals surface area contributed by atoms with Crippen LogP contribution in [0.15, 0.2) is 87.3 Å². The number of thiazole rings is 1. The molecule has 0 bridgehead atoms. The van der Waals surface area contributed by atoms with Gasteiger partial charge in [0.25, 0.3) is 5.91 Å². The van der Waals surface area contributed by atoms with Gasteiger partial charge in [-0.15, -0.1) is 11.3 Å². The summed E-state index contributed by atoms with van der Waals surface area (Å²) in [6.07, 6.45) is 1.62. The van der Waals surface area contributed by atoms with E-state index in [1.54, 1.807) is 30.5 Å². The first kappa shape index (κ1) is 20.7. The quantitative estimate of drug-likeness (QED) is 0.350. The van der Waals surface area contributed by atoms with Crippen LogP contribution in [0, 0.1) is 0 Å². The molecule has 0 saturated heterocycles. The van der Waals surface area contributed by atoms with Gasteiger partial charge >= 0.3 is 0 Å². The van der Waals surface area contributed by atoms with E-state index in [2.05, 4.69) is 20.4 Å². The SMILES string of the molecule is O=C(NCc1nc(-c2ccccc2)no1)c1ccc(OCc2nc(-c3ccco3)cs2)cc1. The van der Waals surface area contributed by atoms with Gasteiger partial charge in [0, 0.05) is 16.5 Å². The summed E-state index contributed by atoms with van der Waals surface area (Å²) in [6.45, 7) is 0.469. The lowest BCUT2D eigenvalue weighted by Gasteiger charge is -2.06. The minimum Gasteiger partial charge on any atom is -0.486 e. The van der Waals surface area contributed by atoms with Gasteiger partial charge in [0.2, 0.25) is 11.7 Å². The van der Waals surface area contributed by atoms with Crippen LogP contribution in [-0.2, 0) is 13.2 Å². The van der Waals surface area contributed by atoms with Crippen molar-refractivity contribution in [2.75, 3.05) is 0 Å². The lowest BCUT2D eigenvalue weighted by atomic mass is 10.2. The van der Waals surface area contributed by atoms with E-state index in [1.807, 2.05) is 47.8 Å². The van der Waals surface area contributed by atoms with Crippen LogP contribution in [0.1, 0.15) is 21.3 Å². The predicted octanol–water partition coefficient (Wildman–Crippen LogP) is 4.96. The van der Waals surface area contributed by atoms with Gasteiger partial charge < -0.3 is 19.0 Å². The molecule has 0 radical (unpaired) electrons. The Kier molecular flexibility index (Phi) is 5.94. The van der Waals surface area contributed by atoms with E-state index in [1.165, 1.54) is 11.3 Å². The summed E-state index contributed by atoms with van der Waals surface area (Å²) in [4.78, 5) is 21.3. The van der Waals surface area contributed by atoms with Crippen molar-refractivity contribution in [3.8, 4) is 28.6 Å². The number of rotatable bonds is 8. The van der Waals surface area contributed by atoms with E-state index in [0.717, 1.165) is 22.0 Å². The number of carbonyl (C=O) groups excluding carboxylic acids is 1. The number of hydrogen-bond acceptors (Lipinski definition) is 8. The zero-order valence-corrected chi connectivity index (χ0v) is 18.1. The molecule has 33 heavy (non-hydrogen) atoms. The van der Waals surface area contributed by atoms with Gasteiger partial charge in [-0.2, -0.15) is 4.98 Å². The molecule has 3 aromatic heterocycles. The molecule has 164 valence electrons. The third-order valence-corrected chi connectivity index (χ3v) is 5.53. The van der Waals surface area contributed by atoms with Gasteiger partial charge in [0.15, 0.2) is 5.76 Å². The van der Waals surface area contributed by atoms with Crippen molar-refractivity contribution < 1.29 is 18.5 Å². The maximum Gasteiger partial charge on any atom is 0.251 e. The second kappa shape index (κ2) is 9.49. The molecule has 5 rings (SSSR count). The number of nitrogens with zero attached hydrogens (tertiary/aromatic N) is 3. The highest BCUT2D eigenvalue weighted by Gasteiger charge is 2.12. The fraction of sp³-hybridized carbons (Fsp3) is 0.0833. The van der Waals surface area contributed by atoms with Gasteiger partial charge in [0.1, 0.15) is 23.1 Å². The average molecular weight is 458 g/mol. The van der Waals surface area contributed by atoms with Crippen molar-refractivity contribution in [2.45, 2.75) is 13.2 Å². The Hall–Kier alpha value is -4.24. The van der Waals surface area contributed by atoms with E-state index in [9.17, 15) is 4.79 Å². The van der Waals surface area contributed by atoms with Crippen LogP contribution in [0.25, 0.3) is 22.8 Å². The molecule has 3 heterocycles. The molecule has 9 heteroatoms. The van der Waals surface area contributed by atoms with Crippen LogP contribution in [0.2, 0.25) is 0 Å². The van der Waals surface area contributed by atoms with E-state index in [-0.39, 0.29) is 12.5 Å². The molecule has 8 nitrogen and oxygen atoms in total. The van der Waals surface area contributed by atoms with E-state index < -0.39 is 0 Å². The molecule has 2 aromatic carbocycles. The van der Waals surface area contributed by atoms with E-state index >= 15 is 0 Å². The van der Waals surface area contributed by atoms with Crippen molar-refractivity contribution in [2.24, 2.45) is 0 Å². The molecule has 1 N–H and O–H groups in total. The molecule has 0 aliphatic rings. The summed E-state index contributed by atoms with van der Waals surface area (Å²) < 4.78 is 16.4. The standard InChI is InChI=1S/C24H18N4O4S/c29-24(25-13-21-27-23(28-32-21)16-5-2-1-3-6-16)17-8-10-18(11-9-17)31-14-22-26-19(15-33-22)20-7-4-12-30-20/h1-12,15H,13-14H2,(H,25,29). The number of ether oxygens (including phenoxy) is 1. The molecular formula is C24H18N4O4S. The number of benzene rings is 2. The molecule has 0 atom stereocenters. The van der Waals surface area contributed by atoms with Crippen LogP contribution in [0.4, 0.5) is 0 Å². The van der Waals surface area contributed by atoms with Crippen LogP contribution in [0.3, 0.4) is 0 Å². The number of carbonyl (C=O) groups is 1. The lowest BCUT2D eigenvalue weighted by molar-refractivity contribution is 0.0946. The monoisotopic (exact) mass is 458 g/mol. The summed E-state index contributed by atoms with van der Waals surface area (Å²) in [7, 11) is 0. The number of hydrogen-bond donors (Lipinski definition) is 1. The first-order valence-electron chi connectivity index (χ1n) is 10.1. The third-order valence-electron chi connectivity index (χ3n) is 4.70. The van der Waals surface area contributed by atoms with Crippen molar-refractivity contribution in [1.82, 2.24) is 20.4 Å². The molecule has 0 fully saturated rings. The van der Waals surface area contributed by atoms with Crippen molar-refractivity contribution in [3.63, 3.8) is 0 Å². The van der Waals surface area contributed by atoms with E-state index in [0.29, 0.717) is 29.6 Å². The molecular weight excluding hydrogens is 440 g/mol. The Morgan fingerprint density at radius 2 is 1.85 bits per heavy atom. The van der Waals surface area contributed by atoms with Gasteiger partial charge in [-0.1, -0.05) is 35.5 Å². The molecule has 0 saturated carbocycles. The van der Waals surface area contributed by atoms with E-state index in [4.69, 9.17) is 13.7 Å². The molecule has 0 spiro atoms. The molecule has 0 aliphatic carbocycles. The largest absolute Gasteiger partial charge is 0.486 e. The lowest BCUT2D eigenvalue weighted by Crippen LogP contribution is -2.22. The van der Waals surface area contributed by atoms with Crippen molar-refractivity contribution >= 4 is 17.2 Å². The predicted molar refractivity (Wildman–Crippen MR) is 121 cm³/mol. The van der Waals surface area contributed by atoms with Crippen LogP contribution in [-0.4, -0.2) is 21.0 Å². The molecule has 5 aromatic rings. The smallest absolute Gasteiger partial charge is 0.251 e. The summed E-state index contributed by atoms with van der Waals surface area (Å²) >= 11 is 1.50. The number of nitrogens with one attached hydrogen (secondary N) is 1. The zero-order chi connectivity index (χ0) is 22.5. The molecule has 0 unspecified atom stereocenters. The average Bonchev–Trinajstić information content (AvgIpc) is 3.64. The highest BCUT2D eigenvalue weighted by Crippen LogP contribution is 2.23. The zero-order valence-electron chi connectivity index (χ0n) is 17.3. The van der Waals surface area contributed by atoms with Crippen molar-refractivity contribution in [1.29, 1.82) is 0 Å². The fourth-order valence-corrected chi connectivity index (χ4v) is 3.75. The van der Waals surface area contributed by atoms with Gasteiger partial charge in [-0.3, -0.25) is 4.79 Å².